The topological polar surface area (TPSA) is 60.5 Å². The molecule has 5 nitrogen and oxygen atoms in total. The molecule has 1 N–H and O–H groups in total. The summed E-state index contributed by atoms with van der Waals surface area (Å²) in [5, 5.41) is 3.22. The van der Waals surface area contributed by atoms with Crippen LogP contribution >= 0.6 is 11.6 Å². The molecule has 0 saturated heterocycles. The summed E-state index contributed by atoms with van der Waals surface area (Å²) in [6.07, 6.45) is 2.39. The van der Waals surface area contributed by atoms with Gasteiger partial charge in [-0.3, -0.25) is 9.78 Å². The zero-order chi connectivity index (χ0) is 18.2. The molecule has 0 unspecified atom stereocenters. The number of nitrogens with zero attached hydrogens (tertiary/aromatic N) is 1. The van der Waals surface area contributed by atoms with Crippen LogP contribution in [0.15, 0.2) is 36.5 Å². The van der Waals surface area contributed by atoms with E-state index in [9.17, 15) is 4.79 Å². The van der Waals surface area contributed by atoms with Crippen LogP contribution in [0, 0.1) is 5.92 Å². The van der Waals surface area contributed by atoms with Crippen molar-refractivity contribution >= 4 is 17.5 Å². The largest absolute Gasteiger partial charge is 0.493 e. The van der Waals surface area contributed by atoms with Crippen molar-refractivity contribution in [1.82, 2.24) is 10.3 Å². The Morgan fingerprint density at radius 1 is 1.32 bits per heavy atom. The van der Waals surface area contributed by atoms with Gasteiger partial charge in [0.15, 0.2) is 11.5 Å². The van der Waals surface area contributed by atoms with Crippen molar-refractivity contribution in [2.75, 3.05) is 20.3 Å². The van der Waals surface area contributed by atoms with Crippen molar-refractivity contribution in [3.05, 3.63) is 52.8 Å². The number of halogens is 1. The predicted octanol–water partition coefficient (Wildman–Crippen LogP) is 3.75. The lowest BCUT2D eigenvalue weighted by Crippen LogP contribution is -2.26. The van der Waals surface area contributed by atoms with Gasteiger partial charge in [-0.1, -0.05) is 31.5 Å². The summed E-state index contributed by atoms with van der Waals surface area (Å²) < 4.78 is 11.0. The van der Waals surface area contributed by atoms with Gasteiger partial charge in [0.1, 0.15) is 0 Å². The van der Waals surface area contributed by atoms with Crippen molar-refractivity contribution in [1.29, 1.82) is 0 Å². The fraction of sp³-hybridized carbons (Fsp3) is 0.368. The number of rotatable bonds is 8. The minimum Gasteiger partial charge on any atom is -0.493 e. The van der Waals surface area contributed by atoms with Crippen LogP contribution < -0.4 is 14.8 Å². The number of methoxy groups -OCH3 is 1. The van der Waals surface area contributed by atoms with Crippen LogP contribution in [0.4, 0.5) is 0 Å². The number of nitrogens with one attached hydrogen (secondary N) is 1. The first kappa shape index (κ1) is 19.1. The number of benzene rings is 1. The molecule has 0 aliphatic rings. The third-order valence-electron chi connectivity index (χ3n) is 3.45. The molecular formula is C19H23ClN2O3. The van der Waals surface area contributed by atoms with Gasteiger partial charge in [-0.05, 0) is 30.2 Å². The second kappa shape index (κ2) is 9.28. The van der Waals surface area contributed by atoms with Gasteiger partial charge in [-0.2, -0.15) is 0 Å². The van der Waals surface area contributed by atoms with E-state index in [0.29, 0.717) is 47.6 Å². The van der Waals surface area contributed by atoms with Crippen molar-refractivity contribution in [2.45, 2.75) is 20.3 Å². The van der Waals surface area contributed by atoms with Crippen LogP contribution in [0.1, 0.15) is 29.9 Å². The molecule has 0 bridgehead atoms. The van der Waals surface area contributed by atoms with E-state index in [1.807, 2.05) is 32.0 Å². The zero-order valence-electron chi connectivity index (χ0n) is 14.7. The fourth-order valence-corrected chi connectivity index (χ4v) is 2.46. The molecule has 0 aliphatic heterocycles. The van der Waals surface area contributed by atoms with Gasteiger partial charge in [-0.25, -0.2) is 0 Å². The summed E-state index contributed by atoms with van der Waals surface area (Å²) in [5.41, 5.74) is 1.36. The first-order valence-corrected chi connectivity index (χ1v) is 8.57. The van der Waals surface area contributed by atoms with Gasteiger partial charge >= 0.3 is 0 Å². The number of aromatic nitrogens is 1. The molecule has 1 amide bonds. The zero-order valence-corrected chi connectivity index (χ0v) is 15.5. The average molecular weight is 363 g/mol. The van der Waals surface area contributed by atoms with E-state index in [1.54, 1.807) is 18.3 Å². The van der Waals surface area contributed by atoms with Crippen molar-refractivity contribution in [2.24, 2.45) is 5.92 Å². The van der Waals surface area contributed by atoms with Crippen LogP contribution in [-0.4, -0.2) is 31.2 Å². The van der Waals surface area contributed by atoms with E-state index in [0.717, 1.165) is 5.69 Å². The maximum atomic E-state index is 12.3. The lowest BCUT2D eigenvalue weighted by atomic mass is 10.1. The molecule has 2 aromatic rings. The number of carbonyl (C=O) groups is 1. The van der Waals surface area contributed by atoms with E-state index >= 15 is 0 Å². The van der Waals surface area contributed by atoms with Crippen molar-refractivity contribution < 1.29 is 14.3 Å². The fourth-order valence-electron chi connectivity index (χ4n) is 2.19. The number of carbonyl (C=O) groups excluding carboxylic acids is 1. The van der Waals surface area contributed by atoms with Gasteiger partial charge in [-0.15, -0.1) is 0 Å². The van der Waals surface area contributed by atoms with Crippen molar-refractivity contribution in [3.8, 4) is 11.5 Å². The molecule has 1 aromatic heterocycles. The van der Waals surface area contributed by atoms with Crippen LogP contribution in [0.2, 0.25) is 5.02 Å². The molecular weight excluding hydrogens is 340 g/mol. The number of hydrogen-bond acceptors (Lipinski definition) is 4. The molecule has 0 atom stereocenters. The van der Waals surface area contributed by atoms with Crippen LogP contribution in [-0.2, 0) is 6.42 Å². The molecule has 1 heterocycles. The maximum Gasteiger partial charge on any atom is 0.251 e. The normalized spacial score (nSPS) is 10.6. The van der Waals surface area contributed by atoms with E-state index in [4.69, 9.17) is 21.1 Å². The second-order valence-electron chi connectivity index (χ2n) is 6.02. The van der Waals surface area contributed by atoms with E-state index in [2.05, 4.69) is 10.3 Å². The number of ether oxygens (including phenoxy) is 2. The quantitative estimate of drug-likeness (QED) is 0.776. The molecule has 0 radical (unpaired) electrons. The number of pyridine rings is 1. The Balaban J connectivity index is 2.02. The smallest absolute Gasteiger partial charge is 0.251 e. The highest BCUT2D eigenvalue weighted by atomic mass is 35.5. The average Bonchev–Trinajstić information content (AvgIpc) is 2.60. The number of amides is 1. The van der Waals surface area contributed by atoms with Crippen LogP contribution in [0.25, 0.3) is 0 Å². The Bertz CT molecular complexity index is 705. The number of hydrogen-bond donors (Lipinski definition) is 1. The van der Waals surface area contributed by atoms with Gasteiger partial charge in [0, 0.05) is 30.4 Å². The molecule has 25 heavy (non-hydrogen) atoms. The van der Waals surface area contributed by atoms with Gasteiger partial charge in [0.25, 0.3) is 5.91 Å². The molecule has 6 heteroatoms. The second-order valence-corrected chi connectivity index (χ2v) is 6.43. The Morgan fingerprint density at radius 3 is 2.76 bits per heavy atom. The Kier molecular flexibility index (Phi) is 7.07. The predicted molar refractivity (Wildman–Crippen MR) is 98.6 cm³/mol. The summed E-state index contributed by atoms with van der Waals surface area (Å²) in [4.78, 5) is 16.6. The molecule has 0 aliphatic carbocycles. The summed E-state index contributed by atoms with van der Waals surface area (Å²) in [7, 11) is 1.52. The Hall–Kier alpha value is -2.27. The third kappa shape index (κ3) is 5.64. The van der Waals surface area contributed by atoms with Gasteiger partial charge < -0.3 is 14.8 Å². The van der Waals surface area contributed by atoms with E-state index < -0.39 is 0 Å². The Morgan fingerprint density at radius 2 is 2.12 bits per heavy atom. The highest BCUT2D eigenvalue weighted by molar-refractivity contribution is 6.32. The van der Waals surface area contributed by atoms with E-state index in [-0.39, 0.29) is 5.91 Å². The lowest BCUT2D eigenvalue weighted by molar-refractivity contribution is 0.0953. The lowest BCUT2D eigenvalue weighted by Gasteiger charge is -2.15. The highest BCUT2D eigenvalue weighted by Gasteiger charge is 2.16. The van der Waals surface area contributed by atoms with Crippen LogP contribution in [0.3, 0.4) is 0 Å². The first-order valence-electron chi connectivity index (χ1n) is 8.19. The molecule has 0 fully saturated rings. The molecule has 1 aromatic carbocycles. The minimum absolute atomic E-state index is 0.216. The van der Waals surface area contributed by atoms with Crippen LogP contribution in [0.5, 0.6) is 11.5 Å². The minimum atomic E-state index is -0.216. The summed E-state index contributed by atoms with van der Waals surface area (Å²) in [5.74, 6) is 1.05. The first-order chi connectivity index (χ1) is 12.0. The SMILES string of the molecule is COc1cc(C(=O)NCCc2ccccn2)cc(Cl)c1OCC(C)C. The Labute approximate surface area is 153 Å². The standard InChI is InChI=1S/C19H23ClN2O3/c1-13(2)12-25-18-16(20)10-14(11-17(18)24-3)19(23)22-9-7-15-6-4-5-8-21-15/h4-6,8,10-11,13H,7,9,12H2,1-3H3,(H,22,23). The monoisotopic (exact) mass is 362 g/mol. The van der Waals surface area contributed by atoms with Gasteiger partial charge in [0.05, 0.1) is 18.7 Å². The van der Waals surface area contributed by atoms with Gasteiger partial charge in [0.2, 0.25) is 0 Å². The van der Waals surface area contributed by atoms with Crippen molar-refractivity contribution in [3.63, 3.8) is 0 Å². The third-order valence-corrected chi connectivity index (χ3v) is 3.73. The summed E-state index contributed by atoms with van der Waals surface area (Å²) in [6, 6.07) is 8.93. The maximum absolute atomic E-state index is 12.3. The summed E-state index contributed by atoms with van der Waals surface area (Å²) >= 11 is 6.28. The summed E-state index contributed by atoms with van der Waals surface area (Å²) in [6.45, 7) is 5.10. The van der Waals surface area contributed by atoms with E-state index in [1.165, 1.54) is 7.11 Å². The molecule has 134 valence electrons. The molecule has 0 saturated carbocycles. The highest BCUT2D eigenvalue weighted by Crippen LogP contribution is 2.36. The molecule has 0 spiro atoms. The molecule has 2 rings (SSSR count).